The van der Waals surface area contributed by atoms with Crippen molar-refractivity contribution < 1.29 is 46.8 Å². The molecule has 1 aromatic rings. The molecule has 0 amide bonds. The van der Waals surface area contributed by atoms with E-state index in [4.69, 9.17) is 21.0 Å². The fourth-order valence-electron chi connectivity index (χ4n) is 3.78. The van der Waals surface area contributed by atoms with Crippen molar-refractivity contribution in [3.8, 4) is 5.75 Å². The molecule has 1 heterocycles. The number of nitrogen functional groups attached to an aromatic ring is 1. The number of fused-ring (bicyclic) bond motifs is 2. The molecule has 0 bridgehead atoms. The summed E-state index contributed by atoms with van der Waals surface area (Å²) in [4.78, 5) is 10.6. The fourth-order valence-corrected chi connectivity index (χ4v) is 5.78. The van der Waals surface area contributed by atoms with Crippen molar-refractivity contribution in [2.45, 2.75) is 34.3 Å². The second-order valence-corrected chi connectivity index (χ2v) is 9.56. The normalized spacial score (nSPS) is 19.3. The maximum absolute atomic E-state index is 12.0. The number of carbonyl (C=O) groups is 1. The lowest BCUT2D eigenvalue weighted by atomic mass is 9.87. The third kappa shape index (κ3) is 4.17. The van der Waals surface area contributed by atoms with Gasteiger partial charge in [0.2, 0.25) is 0 Å². The van der Waals surface area contributed by atoms with Gasteiger partial charge in [0.1, 0.15) is 5.76 Å². The zero-order valence-electron chi connectivity index (χ0n) is 15.1. The number of allylic oxidation sites excluding steroid dienone is 2. The van der Waals surface area contributed by atoms with Crippen molar-refractivity contribution >= 4 is 51.4 Å². The fraction of sp³-hybridized carbons (Fsp3) is 0.312. The van der Waals surface area contributed by atoms with E-state index in [1.807, 2.05) is 0 Å². The third-order valence-corrected chi connectivity index (χ3v) is 7.21. The molecular formula is C16H17NO10S3. The number of carboxylic acids is 1. The maximum atomic E-state index is 12.0. The molecule has 1 aromatic carbocycles. The smallest absolute Gasteiger partial charge is 0.304 e. The Morgan fingerprint density at radius 3 is 2.67 bits per heavy atom. The molecule has 1 aliphatic carbocycles. The van der Waals surface area contributed by atoms with Gasteiger partial charge in [-0.05, 0) is 30.1 Å². The number of carboxylic acid groups (broad SMARTS) is 1. The zero-order chi connectivity index (χ0) is 22.2. The summed E-state index contributed by atoms with van der Waals surface area (Å²) in [5.74, 6) is -1.74. The van der Waals surface area contributed by atoms with Gasteiger partial charge in [-0.3, -0.25) is 9.35 Å². The Kier molecular flexibility index (Phi) is 6.69. The average molecular weight is 480 g/mol. The lowest BCUT2D eigenvalue weighted by Crippen LogP contribution is -2.22. The summed E-state index contributed by atoms with van der Waals surface area (Å²) in [6.07, 6.45) is 0.549. The molecule has 164 valence electrons. The van der Waals surface area contributed by atoms with Gasteiger partial charge in [0.05, 0.1) is 34.3 Å². The largest absolute Gasteiger partial charge is 0.481 e. The van der Waals surface area contributed by atoms with Crippen LogP contribution in [0.2, 0.25) is 0 Å². The van der Waals surface area contributed by atoms with E-state index in [1.54, 1.807) is 0 Å². The lowest BCUT2D eigenvalue weighted by Gasteiger charge is -2.29. The van der Waals surface area contributed by atoms with Crippen LogP contribution in [0.3, 0.4) is 0 Å². The summed E-state index contributed by atoms with van der Waals surface area (Å²) in [6.45, 7) is 3.80. The molecule has 2 aliphatic rings. The van der Waals surface area contributed by atoms with Gasteiger partial charge >= 0.3 is 5.97 Å². The summed E-state index contributed by atoms with van der Waals surface area (Å²) in [7, 11) is -4.86. The summed E-state index contributed by atoms with van der Waals surface area (Å²) in [6, 6.07) is 1.41. The van der Waals surface area contributed by atoms with Crippen molar-refractivity contribution in [3.05, 3.63) is 29.5 Å². The number of aliphatic carboxylic acids is 1. The Morgan fingerprint density at radius 2 is 2.10 bits per heavy atom. The van der Waals surface area contributed by atoms with E-state index in [0.717, 1.165) is 0 Å². The zero-order valence-corrected chi connectivity index (χ0v) is 17.6. The van der Waals surface area contributed by atoms with Crippen LogP contribution in [0.5, 0.6) is 5.75 Å². The molecule has 2 unspecified atom stereocenters. The highest BCUT2D eigenvalue weighted by molar-refractivity contribution is 7.95. The number of nitrogens with two attached hydrogens (primary N) is 1. The van der Waals surface area contributed by atoms with Crippen molar-refractivity contribution in [1.82, 2.24) is 0 Å². The second kappa shape index (κ2) is 8.76. The van der Waals surface area contributed by atoms with Gasteiger partial charge in [0.25, 0.3) is 10.1 Å². The van der Waals surface area contributed by atoms with E-state index in [9.17, 15) is 22.9 Å². The first-order valence-electron chi connectivity index (χ1n) is 8.31. The Bertz CT molecular complexity index is 1040. The minimum atomic E-state index is -4.86. The van der Waals surface area contributed by atoms with Crippen LogP contribution in [0.15, 0.2) is 33.8 Å². The number of benzene rings is 1. The third-order valence-electron chi connectivity index (χ3n) is 4.87. The number of hydrogen-bond donors (Lipinski definition) is 5. The highest BCUT2D eigenvalue weighted by atomic mass is 32.2. The number of anilines is 1. The molecule has 0 radical (unpaired) electrons. The van der Waals surface area contributed by atoms with Crippen molar-refractivity contribution in [1.29, 1.82) is 0 Å². The summed E-state index contributed by atoms with van der Waals surface area (Å²) < 4.78 is 47.6. The average Bonchev–Trinajstić information content (AvgIpc) is 3.07. The first kappa shape index (κ1) is 22.9. The quantitative estimate of drug-likeness (QED) is 0.120. The highest BCUT2D eigenvalue weighted by Gasteiger charge is 2.42. The standard InChI is InChI=1S/C16H17NO10S3/c1-6-7-2-3-8(10(28-26-20)5-12(18)19)13(7)9-4-11(29-27-21)14(17)16(15(9)25-6)30(22,23)24/h4,8,10,20-21H,1-3,5,17H2,(H,18,19)(H,22,23,24). The predicted octanol–water partition coefficient (Wildman–Crippen LogP) is 3.06. The summed E-state index contributed by atoms with van der Waals surface area (Å²) in [5, 5.41) is 26.2. The minimum Gasteiger partial charge on any atom is -0.481 e. The summed E-state index contributed by atoms with van der Waals surface area (Å²) in [5.41, 5.74) is 6.83. The molecular weight excluding hydrogens is 462 g/mol. The van der Waals surface area contributed by atoms with Gasteiger partial charge in [-0.2, -0.15) is 17.1 Å². The van der Waals surface area contributed by atoms with Crippen molar-refractivity contribution in [3.63, 3.8) is 0 Å². The van der Waals surface area contributed by atoms with Gasteiger partial charge in [-0.15, -0.1) is 0 Å². The van der Waals surface area contributed by atoms with Gasteiger partial charge in [0.15, 0.2) is 10.6 Å². The Hall–Kier alpha value is -1.78. The van der Waals surface area contributed by atoms with Gasteiger partial charge < -0.3 is 15.6 Å². The van der Waals surface area contributed by atoms with Crippen LogP contribution in [0.1, 0.15) is 24.8 Å². The molecule has 6 N–H and O–H groups in total. The van der Waals surface area contributed by atoms with Crippen LogP contribution in [-0.2, 0) is 23.6 Å². The molecule has 0 saturated carbocycles. The Balaban J connectivity index is 2.26. The predicted molar refractivity (Wildman–Crippen MR) is 107 cm³/mol. The Labute approximate surface area is 179 Å². The van der Waals surface area contributed by atoms with Crippen LogP contribution in [0.4, 0.5) is 5.69 Å². The summed E-state index contributed by atoms with van der Waals surface area (Å²) >= 11 is 0.930. The molecule has 30 heavy (non-hydrogen) atoms. The SMILES string of the molecule is C=C1Oc2c(cc(SOO)c(N)c2S(=O)(=O)O)C2=C1CCC2C(CC(=O)O)SOO. The molecule has 0 fully saturated rings. The monoisotopic (exact) mass is 479 g/mol. The molecule has 1 aliphatic heterocycles. The maximum Gasteiger partial charge on any atom is 0.304 e. The van der Waals surface area contributed by atoms with Crippen LogP contribution >= 0.6 is 24.1 Å². The molecule has 3 rings (SSSR count). The van der Waals surface area contributed by atoms with Gasteiger partial charge in [-0.25, -0.2) is 10.5 Å². The number of rotatable bonds is 8. The second-order valence-electron chi connectivity index (χ2n) is 6.50. The van der Waals surface area contributed by atoms with Crippen LogP contribution < -0.4 is 10.5 Å². The number of ether oxygens (including phenoxy) is 1. The van der Waals surface area contributed by atoms with E-state index in [2.05, 4.69) is 15.2 Å². The van der Waals surface area contributed by atoms with Gasteiger partial charge in [-0.1, -0.05) is 6.58 Å². The molecule has 0 aromatic heterocycles. The van der Waals surface area contributed by atoms with E-state index in [0.29, 0.717) is 48.1 Å². The Morgan fingerprint density at radius 1 is 1.40 bits per heavy atom. The number of hydrogen-bond acceptors (Lipinski definition) is 11. The molecule has 14 heteroatoms. The molecule has 0 spiro atoms. The van der Waals surface area contributed by atoms with Crippen LogP contribution in [0, 0.1) is 5.92 Å². The molecule has 11 nitrogen and oxygen atoms in total. The lowest BCUT2D eigenvalue weighted by molar-refractivity contribution is -0.137. The van der Waals surface area contributed by atoms with E-state index < -0.39 is 37.8 Å². The minimum absolute atomic E-state index is 0.0154. The first-order chi connectivity index (χ1) is 14.1. The van der Waals surface area contributed by atoms with E-state index in [-0.39, 0.29) is 28.4 Å². The van der Waals surface area contributed by atoms with Crippen LogP contribution in [-0.4, -0.2) is 39.8 Å². The van der Waals surface area contributed by atoms with Crippen LogP contribution in [0.25, 0.3) is 5.57 Å². The molecule has 2 atom stereocenters. The van der Waals surface area contributed by atoms with Crippen molar-refractivity contribution in [2.24, 2.45) is 5.92 Å². The highest BCUT2D eigenvalue weighted by Crippen LogP contribution is 2.55. The molecule has 0 saturated heterocycles. The van der Waals surface area contributed by atoms with Crippen molar-refractivity contribution in [2.75, 3.05) is 5.73 Å². The van der Waals surface area contributed by atoms with E-state index in [1.165, 1.54) is 6.07 Å². The first-order valence-corrected chi connectivity index (χ1v) is 11.3. The van der Waals surface area contributed by atoms with E-state index >= 15 is 0 Å². The topological polar surface area (TPSA) is 186 Å². The van der Waals surface area contributed by atoms with Gasteiger partial charge in [0, 0.05) is 23.5 Å².